The number of aryl methyl sites for hydroxylation is 1. The summed E-state index contributed by atoms with van der Waals surface area (Å²) in [6.07, 6.45) is 1.66. The first-order valence-corrected chi connectivity index (χ1v) is 6.42. The van der Waals surface area contributed by atoms with Gasteiger partial charge in [0, 0.05) is 11.1 Å². The molecule has 21 heavy (non-hydrogen) atoms. The van der Waals surface area contributed by atoms with Crippen LogP contribution in [0, 0.1) is 6.92 Å². The molecule has 0 unspecified atom stereocenters. The highest BCUT2D eigenvalue weighted by Gasteiger charge is 2.09. The molecule has 0 amide bonds. The third-order valence-corrected chi connectivity index (χ3v) is 3.34. The Labute approximate surface area is 121 Å². The summed E-state index contributed by atoms with van der Waals surface area (Å²) in [6.45, 7) is 1.83. The molecule has 0 atom stereocenters. The van der Waals surface area contributed by atoms with E-state index in [-0.39, 0.29) is 17.2 Å². The van der Waals surface area contributed by atoms with Gasteiger partial charge in [0.05, 0.1) is 11.9 Å². The van der Waals surface area contributed by atoms with Crippen molar-refractivity contribution in [2.24, 2.45) is 0 Å². The number of nitrogens with zero attached hydrogens (tertiary/aromatic N) is 1. The van der Waals surface area contributed by atoms with Crippen molar-refractivity contribution in [3.05, 3.63) is 48.2 Å². The maximum atomic E-state index is 9.76. The lowest BCUT2D eigenvalue weighted by molar-refractivity contribution is 0.404. The highest BCUT2D eigenvalue weighted by atomic mass is 16.3. The quantitative estimate of drug-likeness (QED) is 0.543. The fourth-order valence-corrected chi connectivity index (χ4v) is 2.06. The number of aromatic amines is 1. The predicted molar refractivity (Wildman–Crippen MR) is 79.2 cm³/mol. The summed E-state index contributed by atoms with van der Waals surface area (Å²) >= 11 is 0. The van der Waals surface area contributed by atoms with E-state index >= 15 is 0 Å². The van der Waals surface area contributed by atoms with Crippen molar-refractivity contribution in [3.63, 3.8) is 0 Å². The second-order valence-corrected chi connectivity index (χ2v) is 4.85. The fourth-order valence-electron chi connectivity index (χ4n) is 2.06. The molecule has 5 heteroatoms. The minimum absolute atomic E-state index is 0.172. The van der Waals surface area contributed by atoms with Gasteiger partial charge in [-0.3, -0.25) is 0 Å². The van der Waals surface area contributed by atoms with Crippen LogP contribution in [0.2, 0.25) is 0 Å². The molecule has 0 bridgehead atoms. The zero-order valence-electron chi connectivity index (χ0n) is 11.3. The Kier molecular flexibility index (Phi) is 3.02. The van der Waals surface area contributed by atoms with Crippen molar-refractivity contribution >= 4 is 0 Å². The molecule has 0 radical (unpaired) electrons. The number of hydrogen-bond donors (Lipinski definition) is 4. The molecule has 2 aromatic carbocycles. The van der Waals surface area contributed by atoms with E-state index in [9.17, 15) is 15.3 Å². The van der Waals surface area contributed by atoms with E-state index in [1.807, 2.05) is 19.1 Å². The SMILES string of the molecule is Cc1ccc(-c2cnc(-c3ccc(O)c(O)c3)[nH]2)cc1O. The van der Waals surface area contributed by atoms with E-state index in [4.69, 9.17) is 0 Å². The van der Waals surface area contributed by atoms with Gasteiger partial charge in [0.1, 0.15) is 11.6 Å². The molecule has 3 aromatic rings. The molecular formula is C16H14N2O3. The van der Waals surface area contributed by atoms with Gasteiger partial charge >= 0.3 is 0 Å². The number of phenolic OH excluding ortho intramolecular Hbond substituents is 3. The second kappa shape index (κ2) is 4.86. The Morgan fingerprint density at radius 1 is 0.857 bits per heavy atom. The minimum atomic E-state index is -0.196. The fraction of sp³-hybridized carbons (Fsp3) is 0.0625. The van der Waals surface area contributed by atoms with Gasteiger partial charge in [-0.25, -0.2) is 4.98 Å². The highest BCUT2D eigenvalue weighted by Crippen LogP contribution is 2.31. The molecule has 0 saturated heterocycles. The summed E-state index contributed by atoms with van der Waals surface area (Å²) in [7, 11) is 0. The third kappa shape index (κ3) is 2.41. The van der Waals surface area contributed by atoms with Crippen LogP contribution in [0.5, 0.6) is 17.2 Å². The van der Waals surface area contributed by atoms with Gasteiger partial charge in [0.15, 0.2) is 11.5 Å². The zero-order chi connectivity index (χ0) is 15.0. The molecule has 0 fully saturated rings. The molecule has 0 aliphatic carbocycles. The highest BCUT2D eigenvalue weighted by molar-refractivity contribution is 5.67. The predicted octanol–water partition coefficient (Wildman–Crippen LogP) is 3.17. The van der Waals surface area contributed by atoms with Gasteiger partial charge in [-0.15, -0.1) is 0 Å². The van der Waals surface area contributed by atoms with Gasteiger partial charge in [-0.2, -0.15) is 0 Å². The lowest BCUT2D eigenvalue weighted by Crippen LogP contribution is -1.82. The molecule has 0 spiro atoms. The van der Waals surface area contributed by atoms with Gasteiger partial charge in [-0.05, 0) is 36.8 Å². The molecule has 4 N–H and O–H groups in total. The molecule has 1 aromatic heterocycles. The average molecular weight is 282 g/mol. The molecule has 3 rings (SSSR count). The lowest BCUT2D eigenvalue weighted by Gasteiger charge is -2.02. The van der Waals surface area contributed by atoms with Crippen LogP contribution in [0.25, 0.3) is 22.6 Å². The molecule has 0 saturated carbocycles. The van der Waals surface area contributed by atoms with E-state index in [0.29, 0.717) is 11.4 Å². The Hall–Kier alpha value is -2.95. The number of nitrogens with one attached hydrogen (secondary N) is 1. The molecule has 5 nitrogen and oxygen atoms in total. The van der Waals surface area contributed by atoms with Crippen LogP contribution in [0.3, 0.4) is 0 Å². The summed E-state index contributed by atoms with van der Waals surface area (Å²) in [5, 5.41) is 28.6. The number of rotatable bonds is 2. The first-order valence-electron chi connectivity index (χ1n) is 6.42. The van der Waals surface area contributed by atoms with E-state index in [2.05, 4.69) is 9.97 Å². The van der Waals surface area contributed by atoms with E-state index in [0.717, 1.165) is 16.8 Å². The van der Waals surface area contributed by atoms with Gasteiger partial charge in [0.2, 0.25) is 0 Å². The smallest absolute Gasteiger partial charge is 0.158 e. The first-order chi connectivity index (χ1) is 10.0. The van der Waals surface area contributed by atoms with Gasteiger partial charge < -0.3 is 20.3 Å². The van der Waals surface area contributed by atoms with Gasteiger partial charge in [-0.1, -0.05) is 12.1 Å². The van der Waals surface area contributed by atoms with Crippen LogP contribution in [-0.4, -0.2) is 25.3 Å². The summed E-state index contributed by atoms with van der Waals surface area (Å²) in [4.78, 5) is 7.38. The van der Waals surface area contributed by atoms with Crippen molar-refractivity contribution in [1.82, 2.24) is 9.97 Å². The Bertz CT molecular complexity index is 743. The van der Waals surface area contributed by atoms with Crippen molar-refractivity contribution in [2.75, 3.05) is 0 Å². The van der Waals surface area contributed by atoms with E-state index in [1.165, 1.54) is 12.1 Å². The Morgan fingerprint density at radius 2 is 1.57 bits per heavy atom. The zero-order valence-corrected chi connectivity index (χ0v) is 11.3. The molecular weight excluding hydrogens is 268 g/mol. The van der Waals surface area contributed by atoms with Crippen LogP contribution in [0.4, 0.5) is 0 Å². The number of H-pyrrole nitrogens is 1. The molecule has 1 heterocycles. The first kappa shape index (κ1) is 13.1. The lowest BCUT2D eigenvalue weighted by atomic mass is 10.1. The largest absolute Gasteiger partial charge is 0.508 e. The standard InChI is InChI=1S/C16H14N2O3/c1-9-2-3-10(6-14(9)20)12-8-17-16(18-12)11-4-5-13(19)15(21)7-11/h2-8,19-21H,1H3,(H,17,18). The van der Waals surface area contributed by atoms with Crippen molar-refractivity contribution in [3.8, 4) is 39.9 Å². The summed E-state index contributed by atoms with van der Waals surface area (Å²) in [6, 6.07) is 9.89. The van der Waals surface area contributed by atoms with Crippen LogP contribution >= 0.6 is 0 Å². The summed E-state index contributed by atoms with van der Waals surface area (Å²) < 4.78 is 0. The van der Waals surface area contributed by atoms with Crippen molar-refractivity contribution in [1.29, 1.82) is 0 Å². The maximum absolute atomic E-state index is 9.76. The van der Waals surface area contributed by atoms with E-state index in [1.54, 1.807) is 18.3 Å². The Morgan fingerprint density at radius 3 is 2.29 bits per heavy atom. The summed E-state index contributed by atoms with van der Waals surface area (Å²) in [5.41, 5.74) is 3.04. The number of aromatic hydroxyl groups is 3. The number of imidazole rings is 1. The van der Waals surface area contributed by atoms with Crippen LogP contribution in [0.15, 0.2) is 42.6 Å². The van der Waals surface area contributed by atoms with Crippen molar-refractivity contribution < 1.29 is 15.3 Å². The number of benzene rings is 2. The number of aromatic nitrogens is 2. The third-order valence-electron chi connectivity index (χ3n) is 3.34. The minimum Gasteiger partial charge on any atom is -0.508 e. The van der Waals surface area contributed by atoms with Crippen LogP contribution in [-0.2, 0) is 0 Å². The molecule has 0 aliphatic rings. The average Bonchev–Trinajstić information content (AvgIpc) is 2.94. The monoisotopic (exact) mass is 282 g/mol. The normalized spacial score (nSPS) is 10.7. The number of hydrogen-bond acceptors (Lipinski definition) is 4. The summed E-state index contributed by atoms with van der Waals surface area (Å²) in [5.74, 6) is 0.429. The van der Waals surface area contributed by atoms with E-state index < -0.39 is 0 Å². The topological polar surface area (TPSA) is 89.4 Å². The van der Waals surface area contributed by atoms with Crippen molar-refractivity contribution in [2.45, 2.75) is 6.92 Å². The number of phenols is 3. The maximum Gasteiger partial charge on any atom is 0.158 e. The Balaban J connectivity index is 1.99. The molecule has 106 valence electrons. The second-order valence-electron chi connectivity index (χ2n) is 4.85. The molecule has 0 aliphatic heterocycles. The van der Waals surface area contributed by atoms with Gasteiger partial charge in [0.25, 0.3) is 0 Å². The van der Waals surface area contributed by atoms with Crippen LogP contribution in [0.1, 0.15) is 5.56 Å². The van der Waals surface area contributed by atoms with Crippen LogP contribution < -0.4 is 0 Å².